The van der Waals surface area contributed by atoms with Gasteiger partial charge in [0.15, 0.2) is 0 Å². The molecule has 0 heterocycles. The summed E-state index contributed by atoms with van der Waals surface area (Å²) in [6.07, 6.45) is 1.70. The molecule has 1 N–H and O–H groups in total. The number of aromatic hydroxyl groups is 1. The second-order valence-corrected chi connectivity index (χ2v) is 5.46. The summed E-state index contributed by atoms with van der Waals surface area (Å²) in [5.74, 6) is 0.236. The van der Waals surface area contributed by atoms with Crippen LogP contribution in [-0.4, -0.2) is 36.9 Å². The summed E-state index contributed by atoms with van der Waals surface area (Å²) in [7, 11) is 4.01. The number of likely N-dealkylation sites (N-methyl/N-ethyl adjacent to an activating group) is 1. The third-order valence-corrected chi connectivity index (χ3v) is 3.68. The van der Waals surface area contributed by atoms with Crippen LogP contribution in [0.25, 0.3) is 0 Å². The molecule has 0 aromatic heterocycles. The standard InChI is InChI=1S/C17H19ClN2O/c1-20(2)16(14-8-4-5-9-15(14)18)12-19-11-13-7-3-6-10-17(13)21/h3-11,16,21H,12H2,1-2H3/t16-/m0/s1. The van der Waals surface area contributed by atoms with E-state index in [1.165, 1.54) is 0 Å². The van der Waals surface area contributed by atoms with Crippen molar-refractivity contribution < 1.29 is 5.11 Å². The van der Waals surface area contributed by atoms with Crippen LogP contribution in [0.3, 0.4) is 0 Å². The molecule has 0 amide bonds. The predicted octanol–water partition coefficient (Wildman–Crippen LogP) is 3.77. The Labute approximate surface area is 130 Å². The molecule has 3 nitrogen and oxygen atoms in total. The van der Waals surface area contributed by atoms with Crippen LogP contribution >= 0.6 is 11.6 Å². The van der Waals surface area contributed by atoms with E-state index in [1.54, 1.807) is 18.3 Å². The average molecular weight is 303 g/mol. The summed E-state index contributed by atoms with van der Waals surface area (Å²) in [6, 6.07) is 15.0. The summed E-state index contributed by atoms with van der Waals surface area (Å²) in [6.45, 7) is 0.574. The van der Waals surface area contributed by atoms with Gasteiger partial charge in [-0.3, -0.25) is 4.99 Å². The van der Waals surface area contributed by atoms with Crippen LogP contribution in [0.5, 0.6) is 5.75 Å². The van der Waals surface area contributed by atoms with Crippen molar-refractivity contribution in [3.8, 4) is 5.75 Å². The summed E-state index contributed by atoms with van der Waals surface area (Å²) in [4.78, 5) is 6.54. The predicted molar refractivity (Wildman–Crippen MR) is 88.4 cm³/mol. The van der Waals surface area contributed by atoms with Crippen LogP contribution in [0.15, 0.2) is 53.5 Å². The van der Waals surface area contributed by atoms with E-state index in [4.69, 9.17) is 11.6 Å². The quantitative estimate of drug-likeness (QED) is 0.854. The van der Waals surface area contributed by atoms with Gasteiger partial charge in [-0.25, -0.2) is 0 Å². The molecule has 0 aliphatic carbocycles. The maximum absolute atomic E-state index is 9.72. The van der Waals surface area contributed by atoms with Crippen LogP contribution in [0, 0.1) is 0 Å². The Kier molecular flexibility index (Phi) is 5.37. The smallest absolute Gasteiger partial charge is 0.124 e. The summed E-state index contributed by atoms with van der Waals surface area (Å²) in [5.41, 5.74) is 1.77. The van der Waals surface area contributed by atoms with Crippen molar-refractivity contribution in [1.82, 2.24) is 4.90 Å². The molecule has 4 heteroatoms. The first-order valence-corrected chi connectivity index (χ1v) is 7.16. The lowest BCUT2D eigenvalue weighted by Crippen LogP contribution is -2.23. The van der Waals surface area contributed by atoms with E-state index in [1.807, 2.05) is 50.5 Å². The fraction of sp³-hybridized carbons (Fsp3) is 0.235. The monoisotopic (exact) mass is 302 g/mol. The number of hydrogen-bond donors (Lipinski definition) is 1. The van der Waals surface area contributed by atoms with E-state index in [0.29, 0.717) is 12.1 Å². The third kappa shape index (κ3) is 4.06. The zero-order valence-corrected chi connectivity index (χ0v) is 13.0. The van der Waals surface area contributed by atoms with Crippen LogP contribution < -0.4 is 0 Å². The number of phenols is 1. The molecule has 0 saturated carbocycles. The molecule has 21 heavy (non-hydrogen) atoms. The number of benzene rings is 2. The van der Waals surface area contributed by atoms with E-state index < -0.39 is 0 Å². The molecule has 0 unspecified atom stereocenters. The van der Waals surface area contributed by atoms with Gasteiger partial charge in [0, 0.05) is 16.8 Å². The van der Waals surface area contributed by atoms with Crippen molar-refractivity contribution in [2.24, 2.45) is 4.99 Å². The van der Waals surface area contributed by atoms with E-state index in [0.717, 1.165) is 10.6 Å². The number of halogens is 1. The molecular formula is C17H19ClN2O. The van der Waals surface area contributed by atoms with Gasteiger partial charge in [-0.1, -0.05) is 41.9 Å². The lowest BCUT2D eigenvalue weighted by Gasteiger charge is -2.23. The Morgan fingerprint density at radius 1 is 1.14 bits per heavy atom. The molecule has 2 aromatic carbocycles. The van der Waals surface area contributed by atoms with E-state index >= 15 is 0 Å². The topological polar surface area (TPSA) is 35.8 Å². The molecule has 0 fully saturated rings. The zero-order valence-electron chi connectivity index (χ0n) is 12.2. The normalized spacial score (nSPS) is 13.0. The number of nitrogens with zero attached hydrogens (tertiary/aromatic N) is 2. The Hall–Kier alpha value is -1.84. The highest BCUT2D eigenvalue weighted by molar-refractivity contribution is 6.31. The van der Waals surface area contributed by atoms with Crippen LogP contribution in [-0.2, 0) is 0 Å². The minimum absolute atomic E-state index is 0.0980. The van der Waals surface area contributed by atoms with Gasteiger partial charge in [-0.15, -0.1) is 0 Å². The molecule has 2 rings (SSSR count). The number of hydrogen-bond acceptors (Lipinski definition) is 3. The van der Waals surface area contributed by atoms with Crippen molar-refractivity contribution >= 4 is 17.8 Å². The van der Waals surface area contributed by atoms with Gasteiger partial charge in [0.05, 0.1) is 12.6 Å². The lowest BCUT2D eigenvalue weighted by atomic mass is 10.1. The van der Waals surface area contributed by atoms with Gasteiger partial charge < -0.3 is 10.0 Å². The highest BCUT2D eigenvalue weighted by atomic mass is 35.5. The maximum atomic E-state index is 9.72. The largest absolute Gasteiger partial charge is 0.507 e. The van der Waals surface area contributed by atoms with Crippen molar-refractivity contribution in [3.05, 3.63) is 64.7 Å². The molecule has 0 bridgehead atoms. The molecule has 0 spiro atoms. The molecule has 0 aliphatic rings. The molecule has 2 aromatic rings. The van der Waals surface area contributed by atoms with Gasteiger partial charge in [-0.05, 0) is 37.9 Å². The molecule has 0 radical (unpaired) electrons. The van der Waals surface area contributed by atoms with Crippen molar-refractivity contribution in [1.29, 1.82) is 0 Å². The SMILES string of the molecule is CN(C)[C@@H](CN=Cc1ccccc1O)c1ccccc1Cl. The first-order valence-electron chi connectivity index (χ1n) is 6.78. The first kappa shape index (κ1) is 15.5. The highest BCUT2D eigenvalue weighted by Gasteiger charge is 2.15. The van der Waals surface area contributed by atoms with Crippen molar-refractivity contribution in [3.63, 3.8) is 0 Å². The summed E-state index contributed by atoms with van der Waals surface area (Å²) < 4.78 is 0. The highest BCUT2D eigenvalue weighted by Crippen LogP contribution is 2.26. The van der Waals surface area contributed by atoms with Crippen LogP contribution in [0.4, 0.5) is 0 Å². The van der Waals surface area contributed by atoms with E-state index in [9.17, 15) is 5.11 Å². The van der Waals surface area contributed by atoms with Gasteiger partial charge in [-0.2, -0.15) is 0 Å². The van der Waals surface area contributed by atoms with Crippen molar-refractivity contribution in [2.75, 3.05) is 20.6 Å². The fourth-order valence-electron chi connectivity index (χ4n) is 2.13. The lowest BCUT2D eigenvalue weighted by molar-refractivity contribution is 0.307. The number of para-hydroxylation sites is 1. The minimum Gasteiger partial charge on any atom is -0.507 e. The van der Waals surface area contributed by atoms with Crippen molar-refractivity contribution in [2.45, 2.75) is 6.04 Å². The van der Waals surface area contributed by atoms with Crippen LogP contribution in [0.2, 0.25) is 5.02 Å². The van der Waals surface area contributed by atoms with Gasteiger partial charge in [0.25, 0.3) is 0 Å². The maximum Gasteiger partial charge on any atom is 0.124 e. The zero-order chi connectivity index (χ0) is 15.2. The average Bonchev–Trinajstić information content (AvgIpc) is 2.46. The first-order chi connectivity index (χ1) is 10.1. The van der Waals surface area contributed by atoms with E-state index in [2.05, 4.69) is 9.89 Å². The van der Waals surface area contributed by atoms with E-state index in [-0.39, 0.29) is 11.8 Å². The Balaban J connectivity index is 2.15. The Morgan fingerprint density at radius 2 is 1.81 bits per heavy atom. The number of phenolic OH excluding ortho intramolecular Hbond substituents is 1. The second-order valence-electron chi connectivity index (χ2n) is 5.05. The fourth-order valence-corrected chi connectivity index (χ4v) is 2.39. The van der Waals surface area contributed by atoms with Gasteiger partial charge >= 0.3 is 0 Å². The third-order valence-electron chi connectivity index (χ3n) is 3.33. The molecule has 110 valence electrons. The van der Waals surface area contributed by atoms with Gasteiger partial charge in [0.2, 0.25) is 0 Å². The van der Waals surface area contributed by atoms with Gasteiger partial charge in [0.1, 0.15) is 5.75 Å². The number of rotatable bonds is 5. The summed E-state index contributed by atoms with van der Waals surface area (Å²) in [5, 5.41) is 10.5. The molecule has 0 saturated heterocycles. The molecule has 1 atom stereocenters. The minimum atomic E-state index is 0.0980. The van der Waals surface area contributed by atoms with Crippen LogP contribution in [0.1, 0.15) is 17.2 Å². The summed E-state index contributed by atoms with van der Waals surface area (Å²) >= 11 is 6.27. The Morgan fingerprint density at radius 3 is 2.48 bits per heavy atom. The Bertz CT molecular complexity index is 626. The molecular weight excluding hydrogens is 284 g/mol. The molecule has 0 aliphatic heterocycles. The second kappa shape index (κ2) is 7.25. The number of aliphatic imine (C=N–C) groups is 1.